The Balaban J connectivity index is 1.27. The van der Waals surface area contributed by atoms with E-state index in [1.807, 2.05) is 48.5 Å². The number of ether oxygens (including phenoxy) is 2. The zero-order valence-corrected chi connectivity index (χ0v) is 17.1. The normalized spacial score (nSPS) is 10.9. The van der Waals surface area contributed by atoms with E-state index < -0.39 is 0 Å². The largest absolute Gasteiger partial charge is 0.489 e. The molecule has 0 atom stereocenters. The molecule has 32 heavy (non-hydrogen) atoms. The molecule has 6 heteroatoms. The summed E-state index contributed by atoms with van der Waals surface area (Å²) >= 11 is 0. The first-order valence-corrected chi connectivity index (χ1v) is 10.0. The Kier molecular flexibility index (Phi) is 6.82. The van der Waals surface area contributed by atoms with E-state index in [0.29, 0.717) is 36.1 Å². The number of hydrogen-bond donors (Lipinski definition) is 0. The summed E-state index contributed by atoms with van der Waals surface area (Å²) in [4.78, 5) is 0. The Morgan fingerprint density at radius 1 is 0.469 bits per heavy atom. The van der Waals surface area contributed by atoms with Gasteiger partial charge < -0.3 is 9.47 Å². The first kappa shape index (κ1) is 21.2. The lowest BCUT2D eigenvalue weighted by molar-refractivity contribution is 0.306. The average Bonchev–Trinajstić information content (AvgIpc) is 2.83. The van der Waals surface area contributed by atoms with Gasteiger partial charge in [0.2, 0.25) is 0 Å². The highest BCUT2D eigenvalue weighted by atomic mass is 19.1. The maximum absolute atomic E-state index is 12.9. The van der Waals surface area contributed by atoms with Gasteiger partial charge in [-0.3, -0.25) is 0 Å². The second-order valence-electron chi connectivity index (χ2n) is 7.02. The first-order valence-electron chi connectivity index (χ1n) is 10.0. The van der Waals surface area contributed by atoms with Gasteiger partial charge in [-0.05, 0) is 83.9 Å². The zero-order chi connectivity index (χ0) is 22.2. The lowest BCUT2D eigenvalue weighted by Crippen LogP contribution is -1.95. The average molecular weight is 430 g/mol. The van der Waals surface area contributed by atoms with Crippen molar-refractivity contribution in [1.82, 2.24) is 0 Å². The molecule has 0 aliphatic heterocycles. The highest BCUT2D eigenvalue weighted by Gasteiger charge is 2.00. The predicted octanol–water partition coefficient (Wildman–Crippen LogP) is 7.54. The highest BCUT2D eigenvalue weighted by molar-refractivity contribution is 5.44. The third-order valence-electron chi connectivity index (χ3n) is 4.59. The maximum Gasteiger partial charge on any atom is 0.123 e. The quantitative estimate of drug-likeness (QED) is 0.271. The van der Waals surface area contributed by atoms with Crippen LogP contribution in [0, 0.1) is 11.6 Å². The fourth-order valence-corrected chi connectivity index (χ4v) is 2.83. The SMILES string of the molecule is Fc1ccc(COc2ccc(N=Nc3ccc(OCc4ccc(F)cc4)cc3)cc2)cc1. The Labute approximate surface area is 184 Å². The molecular formula is C26H20F2N2O2. The minimum absolute atomic E-state index is 0.268. The summed E-state index contributed by atoms with van der Waals surface area (Å²) in [5.74, 6) is 0.845. The molecule has 0 heterocycles. The third kappa shape index (κ3) is 6.22. The minimum atomic E-state index is -0.268. The Morgan fingerprint density at radius 3 is 1.16 bits per heavy atom. The van der Waals surface area contributed by atoms with Crippen LogP contribution in [0.5, 0.6) is 11.5 Å². The highest BCUT2D eigenvalue weighted by Crippen LogP contribution is 2.24. The molecule has 0 unspecified atom stereocenters. The summed E-state index contributed by atoms with van der Waals surface area (Å²) in [7, 11) is 0. The fraction of sp³-hybridized carbons (Fsp3) is 0.0769. The zero-order valence-electron chi connectivity index (χ0n) is 17.1. The van der Waals surface area contributed by atoms with Crippen molar-refractivity contribution in [2.75, 3.05) is 0 Å². The van der Waals surface area contributed by atoms with Gasteiger partial charge in [-0.15, -0.1) is 0 Å². The van der Waals surface area contributed by atoms with Crippen LogP contribution in [0.4, 0.5) is 20.2 Å². The molecule has 0 bridgehead atoms. The van der Waals surface area contributed by atoms with Gasteiger partial charge in [-0.2, -0.15) is 10.2 Å². The van der Waals surface area contributed by atoms with Crippen LogP contribution in [0.2, 0.25) is 0 Å². The number of azo groups is 1. The van der Waals surface area contributed by atoms with Crippen LogP contribution in [0.15, 0.2) is 107 Å². The third-order valence-corrected chi connectivity index (χ3v) is 4.59. The van der Waals surface area contributed by atoms with Gasteiger partial charge in [0.15, 0.2) is 0 Å². The van der Waals surface area contributed by atoms with Crippen molar-refractivity contribution in [3.05, 3.63) is 120 Å². The van der Waals surface area contributed by atoms with Gasteiger partial charge in [0.25, 0.3) is 0 Å². The van der Waals surface area contributed by atoms with Crippen LogP contribution < -0.4 is 9.47 Å². The molecular weight excluding hydrogens is 410 g/mol. The van der Waals surface area contributed by atoms with E-state index in [2.05, 4.69) is 10.2 Å². The summed E-state index contributed by atoms with van der Waals surface area (Å²) in [6.07, 6.45) is 0. The molecule has 160 valence electrons. The summed E-state index contributed by atoms with van der Waals surface area (Å²) < 4.78 is 37.3. The van der Waals surface area contributed by atoms with E-state index in [4.69, 9.17) is 9.47 Å². The number of benzene rings is 4. The number of nitrogens with zero attached hydrogens (tertiary/aromatic N) is 2. The topological polar surface area (TPSA) is 43.2 Å². The van der Waals surface area contributed by atoms with Gasteiger partial charge in [0.1, 0.15) is 36.3 Å². The van der Waals surface area contributed by atoms with Crippen molar-refractivity contribution in [1.29, 1.82) is 0 Å². The van der Waals surface area contributed by atoms with E-state index in [1.54, 1.807) is 24.3 Å². The lowest BCUT2D eigenvalue weighted by Gasteiger charge is -2.06. The van der Waals surface area contributed by atoms with E-state index in [0.717, 1.165) is 11.1 Å². The molecule has 0 aliphatic rings. The van der Waals surface area contributed by atoms with E-state index in [9.17, 15) is 8.78 Å². The van der Waals surface area contributed by atoms with Gasteiger partial charge in [-0.25, -0.2) is 8.78 Å². The molecule has 0 radical (unpaired) electrons. The van der Waals surface area contributed by atoms with Crippen LogP contribution in [-0.2, 0) is 13.2 Å². The second-order valence-corrected chi connectivity index (χ2v) is 7.02. The van der Waals surface area contributed by atoms with E-state index in [1.165, 1.54) is 24.3 Å². The smallest absolute Gasteiger partial charge is 0.123 e. The fourth-order valence-electron chi connectivity index (χ4n) is 2.83. The molecule has 4 nitrogen and oxygen atoms in total. The molecule has 0 amide bonds. The standard InChI is InChI=1S/C26H20F2N2O2/c27-21-5-1-19(2-6-21)17-31-25-13-9-23(10-14-25)29-30-24-11-15-26(16-12-24)32-18-20-3-7-22(28)8-4-20/h1-16H,17-18H2. The first-order chi connectivity index (χ1) is 15.6. The van der Waals surface area contributed by atoms with Crippen molar-refractivity contribution in [3.8, 4) is 11.5 Å². The molecule has 0 aliphatic carbocycles. The van der Waals surface area contributed by atoms with E-state index in [-0.39, 0.29) is 11.6 Å². The van der Waals surface area contributed by atoms with Crippen LogP contribution in [0.1, 0.15) is 11.1 Å². The minimum Gasteiger partial charge on any atom is -0.489 e. The lowest BCUT2D eigenvalue weighted by atomic mass is 10.2. The molecule has 0 N–H and O–H groups in total. The van der Waals surface area contributed by atoms with Gasteiger partial charge in [0, 0.05) is 0 Å². The summed E-state index contributed by atoms with van der Waals surface area (Å²) in [5, 5.41) is 8.46. The van der Waals surface area contributed by atoms with Crippen LogP contribution >= 0.6 is 0 Å². The van der Waals surface area contributed by atoms with Crippen molar-refractivity contribution >= 4 is 11.4 Å². The summed E-state index contributed by atoms with van der Waals surface area (Å²) in [6, 6.07) is 26.9. The molecule has 4 aromatic rings. The number of rotatable bonds is 8. The number of halogens is 2. The predicted molar refractivity (Wildman–Crippen MR) is 119 cm³/mol. The van der Waals surface area contributed by atoms with Gasteiger partial charge >= 0.3 is 0 Å². The van der Waals surface area contributed by atoms with Gasteiger partial charge in [-0.1, -0.05) is 24.3 Å². The van der Waals surface area contributed by atoms with Gasteiger partial charge in [0.05, 0.1) is 11.4 Å². The monoisotopic (exact) mass is 430 g/mol. The second kappa shape index (κ2) is 10.3. The van der Waals surface area contributed by atoms with Crippen molar-refractivity contribution < 1.29 is 18.3 Å². The Bertz CT molecular complexity index is 1060. The molecule has 0 saturated carbocycles. The molecule has 4 aromatic carbocycles. The van der Waals surface area contributed by atoms with Crippen LogP contribution in [0.3, 0.4) is 0 Å². The van der Waals surface area contributed by atoms with Crippen molar-refractivity contribution in [2.24, 2.45) is 10.2 Å². The summed E-state index contributed by atoms with van der Waals surface area (Å²) in [5.41, 5.74) is 3.16. The van der Waals surface area contributed by atoms with Crippen molar-refractivity contribution in [3.63, 3.8) is 0 Å². The van der Waals surface area contributed by atoms with Crippen LogP contribution in [0.25, 0.3) is 0 Å². The number of hydrogen-bond acceptors (Lipinski definition) is 4. The van der Waals surface area contributed by atoms with Crippen molar-refractivity contribution in [2.45, 2.75) is 13.2 Å². The Hall–Kier alpha value is -4.06. The molecule has 0 spiro atoms. The van der Waals surface area contributed by atoms with E-state index >= 15 is 0 Å². The molecule has 0 fully saturated rings. The maximum atomic E-state index is 12.9. The Morgan fingerprint density at radius 2 is 0.812 bits per heavy atom. The molecule has 0 saturated heterocycles. The molecule has 4 rings (SSSR count). The molecule has 0 aromatic heterocycles. The summed E-state index contributed by atoms with van der Waals surface area (Å²) in [6.45, 7) is 0.716. The van der Waals surface area contributed by atoms with Crippen LogP contribution in [-0.4, -0.2) is 0 Å².